The van der Waals surface area contributed by atoms with Crippen molar-refractivity contribution in [3.8, 4) is 0 Å². The highest BCUT2D eigenvalue weighted by Crippen LogP contribution is 2.23. The second kappa shape index (κ2) is 4.69. The first-order valence-corrected chi connectivity index (χ1v) is 7.14. The Kier molecular flexibility index (Phi) is 3.40. The molecule has 1 aromatic rings. The predicted molar refractivity (Wildman–Crippen MR) is 62.4 cm³/mol. The molecule has 0 unspecified atom stereocenters. The van der Waals surface area contributed by atoms with Gasteiger partial charge in [0, 0.05) is 25.8 Å². The zero-order chi connectivity index (χ0) is 13.3. The zero-order valence-electron chi connectivity index (χ0n) is 9.98. The van der Waals surface area contributed by atoms with Gasteiger partial charge in [-0.05, 0) is 13.3 Å². The number of hydrogen-bond donors (Lipinski definition) is 1. The van der Waals surface area contributed by atoms with Crippen molar-refractivity contribution in [1.29, 1.82) is 0 Å². The molecule has 2 heterocycles. The van der Waals surface area contributed by atoms with Crippen molar-refractivity contribution in [2.24, 2.45) is 5.92 Å². The maximum Gasteiger partial charge on any atom is 0.307 e. The molecule has 2 rings (SSSR count). The van der Waals surface area contributed by atoms with E-state index in [9.17, 15) is 13.2 Å². The summed E-state index contributed by atoms with van der Waals surface area (Å²) in [5, 5.41) is 8.85. The molecule has 18 heavy (non-hydrogen) atoms. The van der Waals surface area contributed by atoms with Crippen molar-refractivity contribution in [3.05, 3.63) is 12.5 Å². The number of rotatable bonds is 4. The van der Waals surface area contributed by atoms with Crippen LogP contribution in [0.15, 0.2) is 17.6 Å². The van der Waals surface area contributed by atoms with Crippen molar-refractivity contribution in [3.63, 3.8) is 0 Å². The van der Waals surface area contributed by atoms with Crippen molar-refractivity contribution in [2.75, 3.05) is 13.1 Å². The lowest BCUT2D eigenvalue weighted by Crippen LogP contribution is -2.30. The first-order chi connectivity index (χ1) is 8.45. The molecular weight excluding hydrogens is 258 g/mol. The Balaban J connectivity index is 2.20. The molecule has 0 bridgehead atoms. The van der Waals surface area contributed by atoms with Gasteiger partial charge in [-0.1, -0.05) is 0 Å². The van der Waals surface area contributed by atoms with Gasteiger partial charge in [0.1, 0.15) is 0 Å². The van der Waals surface area contributed by atoms with E-state index in [2.05, 4.69) is 4.98 Å². The Hall–Kier alpha value is -1.41. The normalized spacial score (nSPS) is 21.3. The summed E-state index contributed by atoms with van der Waals surface area (Å²) in [4.78, 5) is 14.7. The molecule has 1 saturated heterocycles. The first kappa shape index (κ1) is 13.0. The number of carboxylic acids is 1. The number of carboxylic acid groups (broad SMARTS) is 1. The summed E-state index contributed by atoms with van der Waals surface area (Å²) in [7, 11) is -3.66. The summed E-state index contributed by atoms with van der Waals surface area (Å²) >= 11 is 0. The Morgan fingerprint density at radius 3 is 2.83 bits per heavy atom. The lowest BCUT2D eigenvalue weighted by atomic mass is 10.1. The van der Waals surface area contributed by atoms with E-state index in [-0.39, 0.29) is 18.1 Å². The van der Waals surface area contributed by atoms with Crippen LogP contribution >= 0.6 is 0 Å². The van der Waals surface area contributed by atoms with Gasteiger partial charge < -0.3 is 9.67 Å². The van der Waals surface area contributed by atoms with Crippen LogP contribution < -0.4 is 0 Å². The monoisotopic (exact) mass is 273 g/mol. The molecule has 0 spiro atoms. The Morgan fingerprint density at radius 2 is 2.33 bits per heavy atom. The average Bonchev–Trinajstić information content (AvgIpc) is 2.98. The highest BCUT2D eigenvalue weighted by Gasteiger charge is 2.36. The van der Waals surface area contributed by atoms with E-state index in [4.69, 9.17) is 5.11 Å². The molecule has 0 aliphatic carbocycles. The highest BCUT2D eigenvalue weighted by atomic mass is 32.2. The summed E-state index contributed by atoms with van der Waals surface area (Å²) in [6, 6.07) is 0. The molecule has 0 radical (unpaired) electrons. The number of hydrogen-bond acceptors (Lipinski definition) is 4. The molecule has 1 aliphatic heterocycles. The van der Waals surface area contributed by atoms with Crippen molar-refractivity contribution in [2.45, 2.75) is 24.9 Å². The van der Waals surface area contributed by atoms with E-state index in [0.717, 1.165) is 0 Å². The summed E-state index contributed by atoms with van der Waals surface area (Å²) < 4.78 is 27.2. The molecule has 8 heteroatoms. The number of nitrogens with zero attached hydrogens (tertiary/aromatic N) is 3. The fraction of sp³-hybridized carbons (Fsp3) is 0.600. The van der Waals surface area contributed by atoms with Crippen LogP contribution in [0, 0.1) is 5.92 Å². The molecule has 0 saturated carbocycles. The van der Waals surface area contributed by atoms with Gasteiger partial charge in [0.05, 0.1) is 12.2 Å². The van der Waals surface area contributed by atoms with Crippen LogP contribution in [-0.2, 0) is 21.4 Å². The van der Waals surface area contributed by atoms with Crippen LogP contribution in [0.25, 0.3) is 0 Å². The van der Waals surface area contributed by atoms with Crippen LogP contribution in [-0.4, -0.2) is 46.4 Å². The number of aromatic nitrogens is 2. The third-order valence-corrected chi connectivity index (χ3v) is 4.83. The fourth-order valence-electron chi connectivity index (χ4n) is 1.93. The second-order valence-corrected chi connectivity index (χ2v) is 6.11. The zero-order valence-corrected chi connectivity index (χ0v) is 10.8. The Labute approximate surface area is 105 Å². The number of aliphatic carboxylic acids is 1. The quantitative estimate of drug-likeness (QED) is 0.833. The van der Waals surface area contributed by atoms with Gasteiger partial charge in [0.15, 0.2) is 5.03 Å². The molecular formula is C10H15N3O4S. The maximum atomic E-state index is 12.2. The van der Waals surface area contributed by atoms with Gasteiger partial charge in [-0.2, -0.15) is 4.31 Å². The molecule has 0 amide bonds. The molecule has 1 fully saturated rings. The molecule has 100 valence electrons. The van der Waals surface area contributed by atoms with E-state index < -0.39 is 21.9 Å². The summed E-state index contributed by atoms with van der Waals surface area (Å²) in [5.41, 5.74) is 0. The lowest BCUT2D eigenvalue weighted by Gasteiger charge is -2.13. The van der Waals surface area contributed by atoms with Crippen LogP contribution in [0.4, 0.5) is 0 Å². The van der Waals surface area contributed by atoms with Gasteiger partial charge in [-0.15, -0.1) is 0 Å². The number of sulfonamides is 1. The van der Waals surface area contributed by atoms with Gasteiger partial charge >= 0.3 is 5.97 Å². The lowest BCUT2D eigenvalue weighted by molar-refractivity contribution is -0.141. The number of imidazole rings is 1. The molecule has 1 aliphatic rings. The van der Waals surface area contributed by atoms with Crippen LogP contribution in [0.3, 0.4) is 0 Å². The fourth-order valence-corrected chi connectivity index (χ4v) is 3.36. The van der Waals surface area contributed by atoms with Gasteiger partial charge in [-0.3, -0.25) is 4.79 Å². The summed E-state index contributed by atoms with van der Waals surface area (Å²) in [5.74, 6) is -1.57. The largest absolute Gasteiger partial charge is 0.481 e. The topological polar surface area (TPSA) is 92.5 Å². The third kappa shape index (κ3) is 2.25. The number of aryl methyl sites for hydroxylation is 1. The molecule has 1 aromatic heterocycles. The highest BCUT2D eigenvalue weighted by molar-refractivity contribution is 7.89. The second-order valence-electron chi connectivity index (χ2n) is 4.23. The minimum Gasteiger partial charge on any atom is -0.481 e. The third-order valence-electron chi connectivity index (χ3n) is 3.08. The molecule has 1 N–H and O–H groups in total. The Bertz CT molecular complexity index is 551. The van der Waals surface area contributed by atoms with E-state index in [1.54, 1.807) is 4.57 Å². The Morgan fingerprint density at radius 1 is 1.61 bits per heavy atom. The minimum absolute atomic E-state index is 0.0182. The van der Waals surface area contributed by atoms with Gasteiger partial charge in [0.25, 0.3) is 10.0 Å². The minimum atomic E-state index is -3.66. The standard InChI is InChI=1S/C10H15N3O4S/c1-2-12-6-9(11-7-12)18(16,17)13-4-3-8(5-13)10(14)15/h6-8H,2-5H2,1H3,(H,14,15)/t8-/m0/s1. The van der Waals surface area contributed by atoms with Crippen molar-refractivity contribution < 1.29 is 18.3 Å². The number of carbonyl (C=O) groups is 1. The predicted octanol–water partition coefficient (Wildman–Crippen LogP) is -0.00180. The first-order valence-electron chi connectivity index (χ1n) is 5.70. The van der Waals surface area contributed by atoms with E-state index in [0.29, 0.717) is 13.0 Å². The van der Waals surface area contributed by atoms with E-state index in [1.165, 1.54) is 16.8 Å². The van der Waals surface area contributed by atoms with E-state index in [1.807, 2.05) is 6.92 Å². The van der Waals surface area contributed by atoms with Crippen LogP contribution in [0.5, 0.6) is 0 Å². The average molecular weight is 273 g/mol. The summed E-state index contributed by atoms with van der Waals surface area (Å²) in [6.07, 6.45) is 3.27. The van der Waals surface area contributed by atoms with E-state index >= 15 is 0 Å². The smallest absolute Gasteiger partial charge is 0.307 e. The van der Waals surface area contributed by atoms with Gasteiger partial charge in [0.2, 0.25) is 0 Å². The summed E-state index contributed by atoms with van der Waals surface area (Å²) in [6.45, 7) is 2.78. The molecule has 1 atom stereocenters. The molecule has 7 nitrogen and oxygen atoms in total. The SMILES string of the molecule is CCn1cnc(S(=O)(=O)N2CC[C@H](C(=O)O)C2)c1. The maximum absolute atomic E-state index is 12.2. The van der Waals surface area contributed by atoms with Crippen LogP contribution in [0.1, 0.15) is 13.3 Å². The van der Waals surface area contributed by atoms with Crippen LogP contribution in [0.2, 0.25) is 0 Å². The van der Waals surface area contributed by atoms with Crippen molar-refractivity contribution >= 4 is 16.0 Å². The van der Waals surface area contributed by atoms with Crippen molar-refractivity contribution in [1.82, 2.24) is 13.9 Å². The molecule has 0 aromatic carbocycles. The van der Waals surface area contributed by atoms with Gasteiger partial charge in [-0.25, -0.2) is 13.4 Å².